The monoisotopic (exact) mass is 200 g/mol. The van der Waals surface area contributed by atoms with E-state index < -0.39 is 11.0 Å². The minimum absolute atomic E-state index is 0.417. The number of aromatic nitrogens is 2. The maximum atomic E-state index is 11.3. The minimum atomic E-state index is -0.499. The minimum Gasteiger partial charge on any atom is -0.302 e. The van der Waals surface area contributed by atoms with Crippen molar-refractivity contribution in [1.82, 2.24) is 9.78 Å². The SMILES string of the molecule is CCCSc1c[nH]n(C)c(=O)c1=O. The molecule has 0 amide bonds. The van der Waals surface area contributed by atoms with Gasteiger partial charge in [-0.3, -0.25) is 14.3 Å². The predicted octanol–water partition coefficient (Wildman–Crippen LogP) is 0.576. The molecule has 0 spiro atoms. The Balaban J connectivity index is 3.05. The van der Waals surface area contributed by atoms with Gasteiger partial charge < -0.3 is 5.10 Å². The number of nitrogens with one attached hydrogen (secondary N) is 1. The molecular formula is C8H12N2O2S. The highest BCUT2D eigenvalue weighted by Crippen LogP contribution is 2.11. The largest absolute Gasteiger partial charge is 0.313 e. The molecule has 1 rings (SSSR count). The highest BCUT2D eigenvalue weighted by molar-refractivity contribution is 7.99. The van der Waals surface area contributed by atoms with Gasteiger partial charge in [-0.05, 0) is 12.2 Å². The number of aryl methyl sites for hydroxylation is 1. The Bertz CT molecular complexity index is 394. The first-order chi connectivity index (χ1) is 6.16. The molecule has 1 heterocycles. The molecular weight excluding hydrogens is 188 g/mol. The second-order valence-electron chi connectivity index (χ2n) is 2.68. The molecule has 0 aliphatic heterocycles. The van der Waals surface area contributed by atoms with Crippen molar-refractivity contribution in [2.75, 3.05) is 5.75 Å². The van der Waals surface area contributed by atoms with E-state index in [-0.39, 0.29) is 0 Å². The van der Waals surface area contributed by atoms with Crippen molar-refractivity contribution in [3.63, 3.8) is 0 Å². The standard InChI is InChI=1S/C8H12N2O2S/c1-3-4-13-6-5-9-10(2)8(12)7(6)11/h5,9H,3-4H2,1-2H3. The van der Waals surface area contributed by atoms with Crippen molar-refractivity contribution in [3.8, 4) is 0 Å². The number of H-pyrrole nitrogens is 1. The summed E-state index contributed by atoms with van der Waals surface area (Å²) in [7, 11) is 1.53. The molecule has 0 saturated heterocycles. The number of hydrogen-bond acceptors (Lipinski definition) is 3. The van der Waals surface area contributed by atoms with Crippen LogP contribution in [0.4, 0.5) is 0 Å². The van der Waals surface area contributed by atoms with E-state index in [2.05, 4.69) is 5.10 Å². The van der Waals surface area contributed by atoms with Crippen LogP contribution in [0.3, 0.4) is 0 Å². The third kappa shape index (κ3) is 2.24. The van der Waals surface area contributed by atoms with Gasteiger partial charge in [-0.25, -0.2) is 0 Å². The quantitative estimate of drug-likeness (QED) is 0.573. The summed E-state index contributed by atoms with van der Waals surface area (Å²) in [5, 5.41) is 2.70. The molecule has 0 atom stereocenters. The van der Waals surface area contributed by atoms with Crippen LogP contribution < -0.4 is 11.0 Å². The molecule has 1 aromatic heterocycles. The van der Waals surface area contributed by atoms with Crippen molar-refractivity contribution >= 4 is 11.8 Å². The van der Waals surface area contributed by atoms with Gasteiger partial charge in [0.2, 0.25) is 0 Å². The van der Waals surface area contributed by atoms with Gasteiger partial charge in [0.05, 0.1) is 4.90 Å². The highest BCUT2D eigenvalue weighted by atomic mass is 32.2. The molecule has 72 valence electrons. The van der Waals surface area contributed by atoms with Crippen molar-refractivity contribution in [1.29, 1.82) is 0 Å². The van der Waals surface area contributed by atoms with Crippen LogP contribution in [0, 0.1) is 0 Å². The summed E-state index contributed by atoms with van der Waals surface area (Å²) < 4.78 is 1.18. The van der Waals surface area contributed by atoms with Crippen molar-refractivity contribution in [3.05, 3.63) is 26.8 Å². The maximum Gasteiger partial charge on any atom is 0.313 e. The first-order valence-corrected chi connectivity index (χ1v) is 5.07. The van der Waals surface area contributed by atoms with E-state index >= 15 is 0 Å². The normalized spacial score (nSPS) is 10.3. The first-order valence-electron chi connectivity index (χ1n) is 4.08. The maximum absolute atomic E-state index is 11.3. The third-order valence-corrected chi connectivity index (χ3v) is 2.80. The van der Waals surface area contributed by atoms with Crippen LogP contribution in [0.1, 0.15) is 13.3 Å². The van der Waals surface area contributed by atoms with Gasteiger partial charge in [-0.1, -0.05) is 6.92 Å². The van der Waals surface area contributed by atoms with E-state index in [4.69, 9.17) is 0 Å². The first kappa shape index (κ1) is 10.1. The number of hydrogen-bond donors (Lipinski definition) is 1. The Labute approximate surface area is 80.0 Å². The summed E-state index contributed by atoms with van der Waals surface area (Å²) in [5.74, 6) is 0.857. The molecule has 0 unspecified atom stereocenters. The Kier molecular flexibility index (Phi) is 3.36. The second-order valence-corrected chi connectivity index (χ2v) is 3.82. The second kappa shape index (κ2) is 4.32. The zero-order valence-electron chi connectivity index (χ0n) is 7.66. The molecule has 0 radical (unpaired) electrons. The average Bonchev–Trinajstić information content (AvgIpc) is 2.13. The zero-order chi connectivity index (χ0) is 9.84. The summed E-state index contributed by atoms with van der Waals surface area (Å²) in [5.41, 5.74) is -0.916. The Morgan fingerprint density at radius 2 is 2.23 bits per heavy atom. The van der Waals surface area contributed by atoms with E-state index in [1.54, 1.807) is 6.20 Å². The molecule has 0 aromatic carbocycles. The van der Waals surface area contributed by atoms with Gasteiger partial charge in [0.1, 0.15) is 0 Å². The fraction of sp³-hybridized carbons (Fsp3) is 0.500. The summed E-state index contributed by atoms with van der Waals surface area (Å²) in [4.78, 5) is 23.0. The summed E-state index contributed by atoms with van der Waals surface area (Å²) in [6, 6.07) is 0. The van der Waals surface area contributed by atoms with E-state index in [9.17, 15) is 9.59 Å². The van der Waals surface area contributed by atoms with E-state index in [1.165, 1.54) is 23.5 Å². The van der Waals surface area contributed by atoms with Crippen LogP contribution in [0.5, 0.6) is 0 Å². The Morgan fingerprint density at radius 1 is 1.54 bits per heavy atom. The fourth-order valence-electron chi connectivity index (χ4n) is 0.857. The van der Waals surface area contributed by atoms with Gasteiger partial charge in [0, 0.05) is 13.2 Å². The highest BCUT2D eigenvalue weighted by Gasteiger charge is 2.04. The molecule has 0 fully saturated rings. The third-order valence-electron chi connectivity index (χ3n) is 1.57. The molecule has 1 N–H and O–H groups in total. The van der Waals surface area contributed by atoms with Crippen LogP contribution in [-0.2, 0) is 7.05 Å². The molecule has 0 aliphatic carbocycles. The molecule has 13 heavy (non-hydrogen) atoms. The molecule has 4 nitrogen and oxygen atoms in total. The molecule has 0 aliphatic rings. The van der Waals surface area contributed by atoms with Gasteiger partial charge in [-0.15, -0.1) is 11.8 Å². The van der Waals surface area contributed by atoms with Crippen LogP contribution in [0.25, 0.3) is 0 Å². The zero-order valence-corrected chi connectivity index (χ0v) is 8.48. The smallest absolute Gasteiger partial charge is 0.302 e. The number of rotatable bonds is 3. The summed E-state index contributed by atoms with van der Waals surface area (Å²) in [6.07, 6.45) is 2.56. The van der Waals surface area contributed by atoms with E-state index in [0.29, 0.717) is 4.90 Å². The molecule has 0 saturated carbocycles. The lowest BCUT2D eigenvalue weighted by Crippen LogP contribution is -2.34. The Hall–Kier alpha value is -0.970. The topological polar surface area (TPSA) is 54.9 Å². The Morgan fingerprint density at radius 3 is 2.85 bits per heavy atom. The number of nitrogens with zero attached hydrogens (tertiary/aromatic N) is 1. The van der Waals surface area contributed by atoms with Crippen LogP contribution >= 0.6 is 11.8 Å². The van der Waals surface area contributed by atoms with E-state index in [1.807, 2.05) is 6.92 Å². The van der Waals surface area contributed by atoms with Gasteiger partial charge >= 0.3 is 5.56 Å². The van der Waals surface area contributed by atoms with Crippen molar-refractivity contribution < 1.29 is 0 Å². The van der Waals surface area contributed by atoms with Gasteiger partial charge in [-0.2, -0.15) is 0 Å². The fourth-order valence-corrected chi connectivity index (χ4v) is 1.64. The van der Waals surface area contributed by atoms with Crippen molar-refractivity contribution in [2.45, 2.75) is 18.2 Å². The lowest BCUT2D eigenvalue weighted by Gasteiger charge is -2.00. The number of thioether (sulfide) groups is 1. The molecule has 1 aromatic rings. The summed E-state index contributed by atoms with van der Waals surface area (Å²) in [6.45, 7) is 2.03. The van der Waals surface area contributed by atoms with Gasteiger partial charge in [0.25, 0.3) is 5.43 Å². The molecule has 0 bridgehead atoms. The van der Waals surface area contributed by atoms with Crippen LogP contribution in [-0.4, -0.2) is 15.5 Å². The van der Waals surface area contributed by atoms with Crippen LogP contribution in [0.2, 0.25) is 0 Å². The summed E-state index contributed by atoms with van der Waals surface area (Å²) >= 11 is 1.41. The average molecular weight is 200 g/mol. The van der Waals surface area contributed by atoms with E-state index in [0.717, 1.165) is 12.2 Å². The lowest BCUT2D eigenvalue weighted by atomic mass is 10.5. The van der Waals surface area contributed by atoms with Crippen LogP contribution in [0.15, 0.2) is 20.7 Å². The molecule has 5 heteroatoms. The lowest BCUT2D eigenvalue weighted by molar-refractivity contribution is 0.686. The predicted molar refractivity (Wildman–Crippen MR) is 53.3 cm³/mol. The van der Waals surface area contributed by atoms with Crippen molar-refractivity contribution in [2.24, 2.45) is 7.05 Å². The van der Waals surface area contributed by atoms with Gasteiger partial charge in [0.15, 0.2) is 0 Å². The number of aromatic amines is 1.